The first-order valence-electron chi connectivity index (χ1n) is 12.0. The van der Waals surface area contributed by atoms with Gasteiger partial charge in [0.15, 0.2) is 9.84 Å². The van der Waals surface area contributed by atoms with Crippen LogP contribution in [-0.2, 0) is 44.0 Å². The molecule has 1 amide bonds. The predicted molar refractivity (Wildman–Crippen MR) is 133 cm³/mol. The van der Waals surface area contributed by atoms with Gasteiger partial charge in [0.05, 0.1) is 16.8 Å². The second-order valence-corrected chi connectivity index (χ2v) is 12.1. The quantitative estimate of drug-likeness (QED) is 0.296. The van der Waals surface area contributed by atoms with Gasteiger partial charge in [-0.05, 0) is 36.8 Å². The average molecular weight is 653 g/mol. The van der Waals surface area contributed by atoms with Crippen molar-refractivity contribution in [3.05, 3.63) is 69.2 Å². The fourth-order valence-electron chi connectivity index (χ4n) is 4.07. The van der Waals surface area contributed by atoms with E-state index in [-0.39, 0.29) is 53.2 Å². The van der Waals surface area contributed by atoms with Crippen LogP contribution in [0.2, 0.25) is 5.02 Å². The minimum atomic E-state index is -5.50. The molecule has 1 aliphatic heterocycles. The lowest BCUT2D eigenvalue weighted by molar-refractivity contribution is -0.276. The molecular formula is C25H22ClF9N2O4S. The van der Waals surface area contributed by atoms with Gasteiger partial charge in [-0.1, -0.05) is 35.8 Å². The zero-order chi connectivity index (χ0) is 31.9. The Morgan fingerprint density at radius 2 is 1.55 bits per heavy atom. The number of benzene rings is 2. The van der Waals surface area contributed by atoms with Crippen molar-refractivity contribution in [2.75, 3.05) is 18.1 Å². The van der Waals surface area contributed by atoms with E-state index in [2.05, 4.69) is 9.99 Å². The Morgan fingerprint density at radius 3 is 2.00 bits per heavy atom. The fourth-order valence-corrected chi connectivity index (χ4v) is 5.07. The normalized spacial score (nSPS) is 18.0. The number of sulfone groups is 1. The molecule has 42 heavy (non-hydrogen) atoms. The van der Waals surface area contributed by atoms with Crippen LogP contribution in [0.1, 0.15) is 48.1 Å². The van der Waals surface area contributed by atoms with Crippen molar-refractivity contribution < 1.29 is 57.6 Å². The SMILES string of the molecule is CCN(Cc1ccc(C2=NO[C@@](c3cc(C(F)(F)F)cc(C(F)(F)F)c3)(C(F)(F)F)C2)cc1Cl)C(=O)CS(=O)(=O)CC. The molecule has 0 aromatic heterocycles. The number of alkyl halides is 9. The third-order valence-corrected chi connectivity index (χ3v) is 8.42. The largest absolute Gasteiger partial charge is 0.435 e. The number of carbonyl (C=O) groups is 1. The maximum atomic E-state index is 14.3. The van der Waals surface area contributed by atoms with E-state index >= 15 is 0 Å². The first-order valence-corrected chi connectivity index (χ1v) is 14.2. The van der Waals surface area contributed by atoms with E-state index in [1.807, 2.05) is 0 Å². The van der Waals surface area contributed by atoms with Gasteiger partial charge in [-0.15, -0.1) is 0 Å². The highest BCUT2D eigenvalue weighted by Gasteiger charge is 2.63. The molecule has 0 spiro atoms. The Kier molecular flexibility index (Phi) is 9.24. The second kappa shape index (κ2) is 11.6. The zero-order valence-electron chi connectivity index (χ0n) is 21.7. The molecule has 17 heteroatoms. The van der Waals surface area contributed by atoms with E-state index in [9.17, 15) is 52.7 Å². The summed E-state index contributed by atoms with van der Waals surface area (Å²) in [4.78, 5) is 18.2. The third-order valence-electron chi connectivity index (χ3n) is 6.51. The molecule has 1 heterocycles. The number of hydrogen-bond donors (Lipinski definition) is 0. The maximum absolute atomic E-state index is 14.3. The Bertz CT molecular complexity index is 1460. The minimum Gasteiger partial charge on any atom is -0.374 e. The van der Waals surface area contributed by atoms with E-state index < -0.39 is 74.5 Å². The van der Waals surface area contributed by atoms with Crippen LogP contribution >= 0.6 is 11.6 Å². The highest BCUT2D eigenvalue weighted by molar-refractivity contribution is 7.92. The summed E-state index contributed by atoms with van der Waals surface area (Å²) in [5.41, 5.74) is -9.31. The van der Waals surface area contributed by atoms with Crippen molar-refractivity contribution in [3.8, 4) is 0 Å². The zero-order valence-corrected chi connectivity index (χ0v) is 23.3. The van der Waals surface area contributed by atoms with E-state index in [4.69, 9.17) is 11.6 Å². The first-order chi connectivity index (χ1) is 19.1. The molecule has 0 saturated carbocycles. The summed E-state index contributed by atoms with van der Waals surface area (Å²) in [5, 5.41) is 3.28. The number of carbonyl (C=O) groups excluding carboxylic acids is 1. The Labute approximate surface area is 239 Å². The summed E-state index contributed by atoms with van der Waals surface area (Å²) in [5.74, 6) is -1.71. The van der Waals surface area contributed by atoms with Gasteiger partial charge in [0.25, 0.3) is 5.60 Å². The van der Waals surface area contributed by atoms with Crippen LogP contribution in [0.3, 0.4) is 0 Å². The third kappa shape index (κ3) is 7.13. The number of oxime groups is 1. The van der Waals surface area contributed by atoms with Gasteiger partial charge in [0.1, 0.15) is 5.75 Å². The second-order valence-electron chi connectivity index (χ2n) is 9.32. The minimum absolute atomic E-state index is 0.0631. The monoisotopic (exact) mass is 652 g/mol. The van der Waals surface area contributed by atoms with Crippen molar-refractivity contribution in [2.24, 2.45) is 5.16 Å². The lowest BCUT2D eigenvalue weighted by Crippen LogP contribution is -2.43. The van der Waals surface area contributed by atoms with Crippen LogP contribution in [0.25, 0.3) is 0 Å². The van der Waals surface area contributed by atoms with Gasteiger partial charge in [0, 0.05) is 41.4 Å². The van der Waals surface area contributed by atoms with Crippen LogP contribution in [0.15, 0.2) is 41.6 Å². The molecule has 0 radical (unpaired) electrons. The summed E-state index contributed by atoms with van der Waals surface area (Å²) in [6.07, 6.45) is -17.6. The average Bonchev–Trinajstić information content (AvgIpc) is 3.33. The topological polar surface area (TPSA) is 76.0 Å². The van der Waals surface area contributed by atoms with Crippen molar-refractivity contribution in [1.82, 2.24) is 4.90 Å². The molecule has 0 aliphatic carbocycles. The van der Waals surface area contributed by atoms with Crippen molar-refractivity contribution in [1.29, 1.82) is 0 Å². The van der Waals surface area contributed by atoms with Gasteiger partial charge >= 0.3 is 18.5 Å². The molecule has 0 saturated heterocycles. The molecule has 2 aromatic carbocycles. The van der Waals surface area contributed by atoms with Gasteiger partial charge in [-0.3, -0.25) is 4.79 Å². The Balaban J connectivity index is 1.96. The van der Waals surface area contributed by atoms with Gasteiger partial charge < -0.3 is 9.74 Å². The lowest BCUT2D eigenvalue weighted by atomic mass is 9.84. The van der Waals surface area contributed by atoms with Crippen LogP contribution in [0.4, 0.5) is 39.5 Å². The van der Waals surface area contributed by atoms with Gasteiger partial charge in [0.2, 0.25) is 5.91 Å². The van der Waals surface area contributed by atoms with Crippen LogP contribution in [0.5, 0.6) is 0 Å². The molecular weight excluding hydrogens is 631 g/mol. The standard InChI is InChI=1S/C25H22ClF9N2O4S/c1-3-37(21(38)13-42(39,40)4-2)12-15-6-5-14(7-19(15)26)20-11-22(41-36-20,25(33,34)35)16-8-17(23(27,28)29)10-18(9-16)24(30,31)32/h5-10H,3-4,11-13H2,1-2H3/t22-/m0/s1. The van der Waals surface area contributed by atoms with E-state index in [0.29, 0.717) is 0 Å². The van der Waals surface area contributed by atoms with E-state index in [1.165, 1.54) is 24.0 Å². The number of nitrogens with zero attached hydrogens (tertiary/aromatic N) is 2. The molecule has 1 aliphatic rings. The summed E-state index contributed by atoms with van der Waals surface area (Å²) in [7, 11) is -3.63. The van der Waals surface area contributed by atoms with Crippen molar-refractivity contribution in [2.45, 2.75) is 50.9 Å². The Hall–Kier alpha value is -3.01. The number of rotatable bonds is 8. The van der Waals surface area contributed by atoms with Crippen molar-refractivity contribution in [3.63, 3.8) is 0 Å². The molecule has 0 fully saturated rings. The van der Waals surface area contributed by atoms with Crippen LogP contribution < -0.4 is 0 Å². The van der Waals surface area contributed by atoms with E-state index in [1.54, 1.807) is 6.92 Å². The highest BCUT2D eigenvalue weighted by Crippen LogP contribution is 2.51. The summed E-state index contributed by atoms with van der Waals surface area (Å²) >= 11 is 6.27. The van der Waals surface area contributed by atoms with Crippen LogP contribution in [0, 0.1) is 0 Å². The smallest absolute Gasteiger partial charge is 0.374 e. The van der Waals surface area contributed by atoms with Crippen LogP contribution in [-0.4, -0.2) is 49.2 Å². The molecule has 0 bridgehead atoms. The first kappa shape index (κ1) is 33.5. The molecule has 2 aromatic rings. The molecule has 1 atom stereocenters. The number of amides is 1. The molecule has 232 valence electrons. The fraction of sp³-hybridized carbons (Fsp3) is 0.440. The summed E-state index contributed by atoms with van der Waals surface area (Å²) < 4.78 is 147. The van der Waals surface area contributed by atoms with Gasteiger partial charge in [-0.2, -0.15) is 39.5 Å². The number of hydrogen-bond acceptors (Lipinski definition) is 5. The maximum Gasteiger partial charge on any atom is 0.435 e. The highest BCUT2D eigenvalue weighted by atomic mass is 35.5. The predicted octanol–water partition coefficient (Wildman–Crippen LogP) is 6.74. The summed E-state index contributed by atoms with van der Waals surface area (Å²) in [6.45, 7) is 2.90. The van der Waals surface area contributed by atoms with Crippen molar-refractivity contribution >= 4 is 33.1 Å². The lowest BCUT2D eigenvalue weighted by Gasteiger charge is -2.30. The van der Waals surface area contributed by atoms with Gasteiger partial charge in [-0.25, -0.2) is 8.42 Å². The number of halogens is 10. The molecule has 0 N–H and O–H groups in total. The molecule has 3 rings (SSSR count). The summed E-state index contributed by atoms with van der Waals surface area (Å²) in [6, 6.07) is 3.25. The van der Waals surface area contributed by atoms with E-state index in [0.717, 1.165) is 6.07 Å². The Morgan fingerprint density at radius 1 is 0.976 bits per heavy atom. The molecule has 0 unspecified atom stereocenters. The molecule has 6 nitrogen and oxygen atoms in total.